The second kappa shape index (κ2) is 10.6. The highest BCUT2D eigenvalue weighted by atomic mass is 35.5. The Balaban J connectivity index is 1.66. The summed E-state index contributed by atoms with van der Waals surface area (Å²) in [6, 6.07) is 11.9. The Bertz CT molecular complexity index is 1050. The van der Waals surface area contributed by atoms with E-state index in [9.17, 15) is 13.2 Å². The third kappa shape index (κ3) is 5.36. The summed E-state index contributed by atoms with van der Waals surface area (Å²) in [5, 5.41) is 3.36. The molecule has 0 aromatic heterocycles. The van der Waals surface area contributed by atoms with Crippen molar-refractivity contribution in [2.75, 3.05) is 26.8 Å². The number of nitrogens with one attached hydrogen (secondary N) is 1. The summed E-state index contributed by atoms with van der Waals surface area (Å²) in [5.74, 6) is 0.651. The van der Waals surface area contributed by atoms with Gasteiger partial charge in [0, 0.05) is 29.6 Å². The number of sulfonamides is 1. The summed E-state index contributed by atoms with van der Waals surface area (Å²) >= 11 is 6.05. The van der Waals surface area contributed by atoms with Crippen LogP contribution in [0.4, 0.5) is 0 Å². The molecule has 1 N–H and O–H groups in total. The van der Waals surface area contributed by atoms with Crippen LogP contribution in [0, 0.1) is 5.92 Å². The molecule has 174 valence electrons. The molecule has 32 heavy (non-hydrogen) atoms. The predicted octanol–water partition coefficient (Wildman–Crippen LogP) is 4.03. The Morgan fingerprint density at radius 3 is 2.53 bits per heavy atom. The van der Waals surface area contributed by atoms with E-state index in [1.807, 2.05) is 31.2 Å². The van der Waals surface area contributed by atoms with E-state index in [0.29, 0.717) is 30.2 Å². The molecule has 9 heteroatoms. The van der Waals surface area contributed by atoms with E-state index in [2.05, 4.69) is 5.32 Å². The number of para-hydroxylation sites is 1. The molecule has 2 aromatic rings. The van der Waals surface area contributed by atoms with Crippen LogP contribution >= 0.6 is 11.6 Å². The number of nitrogens with zero attached hydrogens (tertiary/aromatic N) is 1. The summed E-state index contributed by atoms with van der Waals surface area (Å²) in [6.07, 6.45) is 0.877. The highest BCUT2D eigenvalue weighted by molar-refractivity contribution is 7.89. The van der Waals surface area contributed by atoms with E-state index in [-0.39, 0.29) is 41.6 Å². The van der Waals surface area contributed by atoms with E-state index in [0.717, 1.165) is 5.56 Å². The maximum atomic E-state index is 13.2. The molecule has 1 heterocycles. The zero-order valence-corrected chi connectivity index (χ0v) is 20.1. The predicted molar refractivity (Wildman–Crippen MR) is 124 cm³/mol. The van der Waals surface area contributed by atoms with Crippen LogP contribution in [0.5, 0.6) is 11.5 Å². The van der Waals surface area contributed by atoms with E-state index in [4.69, 9.17) is 21.1 Å². The van der Waals surface area contributed by atoms with Gasteiger partial charge in [-0.2, -0.15) is 4.31 Å². The summed E-state index contributed by atoms with van der Waals surface area (Å²) in [5.41, 5.74) is 0.896. The lowest BCUT2D eigenvalue weighted by Crippen LogP contribution is -2.43. The highest BCUT2D eigenvalue weighted by Gasteiger charge is 2.34. The molecular weight excluding hydrogens is 452 g/mol. The Hall–Kier alpha value is -2.29. The topological polar surface area (TPSA) is 84.9 Å². The molecule has 0 radical (unpaired) electrons. The molecule has 1 fully saturated rings. The minimum atomic E-state index is -3.79. The molecule has 1 aliphatic heterocycles. The standard InChI is InChI=1S/C23H29ClN2O5S/c1-4-31-21-10-9-18(24)15-22(21)32(28,29)26-13-11-17(12-14-26)23(27)25-16(2)19-7-5-6-8-20(19)30-3/h5-10,15-17H,4,11-14H2,1-3H3,(H,25,27)/t16-/m1/s1. The molecule has 3 rings (SSSR count). The van der Waals surface area contributed by atoms with E-state index in [1.165, 1.54) is 10.4 Å². The first-order valence-corrected chi connectivity index (χ1v) is 12.5. The van der Waals surface area contributed by atoms with Crippen LogP contribution in [0.25, 0.3) is 0 Å². The van der Waals surface area contributed by atoms with Gasteiger partial charge < -0.3 is 14.8 Å². The van der Waals surface area contributed by atoms with Gasteiger partial charge in [0.05, 0.1) is 19.8 Å². The van der Waals surface area contributed by atoms with Gasteiger partial charge in [0.2, 0.25) is 15.9 Å². The smallest absolute Gasteiger partial charge is 0.246 e. The largest absolute Gasteiger partial charge is 0.496 e. The Morgan fingerprint density at radius 2 is 1.88 bits per heavy atom. The normalized spacial score (nSPS) is 16.4. The SMILES string of the molecule is CCOc1ccc(Cl)cc1S(=O)(=O)N1CCC(C(=O)N[C@H](C)c2ccccc2OC)CC1. The minimum absolute atomic E-state index is 0.0551. The molecule has 1 amide bonds. The van der Waals surface area contributed by atoms with Crippen LogP contribution in [0.15, 0.2) is 47.4 Å². The van der Waals surface area contributed by atoms with Crippen LogP contribution in [-0.4, -0.2) is 45.4 Å². The first-order valence-electron chi connectivity index (χ1n) is 10.6. The number of halogens is 1. The number of piperidine rings is 1. The number of methoxy groups -OCH3 is 1. The van der Waals surface area contributed by atoms with Crippen LogP contribution in [0.1, 0.15) is 38.3 Å². The van der Waals surface area contributed by atoms with Crippen molar-refractivity contribution >= 4 is 27.5 Å². The zero-order valence-electron chi connectivity index (χ0n) is 18.5. The third-order valence-corrected chi connectivity index (χ3v) is 7.77. The Kier molecular flexibility index (Phi) is 8.03. The maximum absolute atomic E-state index is 13.2. The van der Waals surface area contributed by atoms with E-state index < -0.39 is 10.0 Å². The van der Waals surface area contributed by atoms with Crippen molar-refractivity contribution in [3.63, 3.8) is 0 Å². The van der Waals surface area contributed by atoms with Crippen LogP contribution in [0.2, 0.25) is 5.02 Å². The average Bonchev–Trinajstić information content (AvgIpc) is 2.80. The van der Waals surface area contributed by atoms with Gasteiger partial charge in [-0.1, -0.05) is 29.8 Å². The van der Waals surface area contributed by atoms with Crippen molar-refractivity contribution < 1.29 is 22.7 Å². The molecular formula is C23H29ClN2O5S. The lowest BCUT2D eigenvalue weighted by molar-refractivity contribution is -0.126. The maximum Gasteiger partial charge on any atom is 0.246 e. The summed E-state index contributed by atoms with van der Waals surface area (Å²) < 4.78 is 38.7. The van der Waals surface area contributed by atoms with Crippen molar-refractivity contribution in [1.82, 2.24) is 9.62 Å². The van der Waals surface area contributed by atoms with Gasteiger partial charge in [-0.3, -0.25) is 4.79 Å². The molecule has 0 saturated carbocycles. The number of ether oxygens (including phenoxy) is 2. The lowest BCUT2D eigenvalue weighted by Gasteiger charge is -2.31. The van der Waals surface area contributed by atoms with Crippen LogP contribution < -0.4 is 14.8 Å². The average molecular weight is 481 g/mol. The minimum Gasteiger partial charge on any atom is -0.496 e. The molecule has 0 bridgehead atoms. The fraction of sp³-hybridized carbons (Fsp3) is 0.435. The second-order valence-electron chi connectivity index (χ2n) is 7.67. The van der Waals surface area contributed by atoms with Crippen molar-refractivity contribution in [1.29, 1.82) is 0 Å². The van der Waals surface area contributed by atoms with Gasteiger partial charge in [-0.25, -0.2) is 8.42 Å². The van der Waals surface area contributed by atoms with E-state index in [1.54, 1.807) is 26.2 Å². The lowest BCUT2D eigenvalue weighted by atomic mass is 9.96. The fourth-order valence-corrected chi connectivity index (χ4v) is 5.75. The quantitative estimate of drug-likeness (QED) is 0.616. The molecule has 0 unspecified atom stereocenters. The Labute approximate surface area is 194 Å². The molecule has 0 aliphatic carbocycles. The van der Waals surface area contributed by atoms with Crippen molar-refractivity contribution in [2.45, 2.75) is 37.6 Å². The summed E-state index contributed by atoms with van der Waals surface area (Å²) in [7, 11) is -2.19. The third-order valence-electron chi connectivity index (χ3n) is 5.61. The molecule has 2 aromatic carbocycles. The number of carbonyl (C=O) groups is 1. The first-order chi connectivity index (χ1) is 15.3. The molecule has 0 spiro atoms. The molecule has 1 atom stereocenters. The number of hydrogen-bond acceptors (Lipinski definition) is 5. The Morgan fingerprint density at radius 1 is 1.19 bits per heavy atom. The van der Waals surface area contributed by atoms with Gasteiger partial charge >= 0.3 is 0 Å². The highest BCUT2D eigenvalue weighted by Crippen LogP contribution is 2.32. The first kappa shape index (κ1) is 24.4. The van der Waals surface area contributed by atoms with Gasteiger partial charge in [-0.15, -0.1) is 0 Å². The van der Waals surface area contributed by atoms with Gasteiger partial charge in [0.15, 0.2) is 0 Å². The van der Waals surface area contributed by atoms with Gasteiger partial charge in [0.25, 0.3) is 0 Å². The fourth-order valence-electron chi connectivity index (χ4n) is 3.89. The molecule has 1 aliphatic rings. The zero-order chi connectivity index (χ0) is 23.3. The van der Waals surface area contributed by atoms with Crippen molar-refractivity contribution in [3.8, 4) is 11.5 Å². The van der Waals surface area contributed by atoms with Crippen molar-refractivity contribution in [2.24, 2.45) is 5.92 Å². The van der Waals surface area contributed by atoms with Crippen LogP contribution in [-0.2, 0) is 14.8 Å². The number of hydrogen-bond donors (Lipinski definition) is 1. The molecule has 1 saturated heterocycles. The second-order valence-corrected chi connectivity index (χ2v) is 10.0. The van der Waals surface area contributed by atoms with Crippen molar-refractivity contribution in [3.05, 3.63) is 53.1 Å². The van der Waals surface area contributed by atoms with E-state index >= 15 is 0 Å². The summed E-state index contributed by atoms with van der Waals surface area (Å²) in [6.45, 7) is 4.55. The number of rotatable bonds is 8. The number of benzene rings is 2. The van der Waals surface area contributed by atoms with Gasteiger partial charge in [0.1, 0.15) is 16.4 Å². The monoisotopic (exact) mass is 480 g/mol. The summed E-state index contributed by atoms with van der Waals surface area (Å²) in [4.78, 5) is 12.9. The molecule has 7 nitrogen and oxygen atoms in total. The van der Waals surface area contributed by atoms with Gasteiger partial charge in [-0.05, 0) is 51.0 Å². The number of amides is 1. The number of carbonyl (C=O) groups excluding carboxylic acids is 1. The van der Waals surface area contributed by atoms with Crippen LogP contribution in [0.3, 0.4) is 0 Å².